The van der Waals surface area contributed by atoms with Crippen LogP contribution in [0.5, 0.6) is 0 Å². The number of hydrogen-bond donors (Lipinski definition) is 2. The van der Waals surface area contributed by atoms with Crippen LogP contribution >= 0.6 is 0 Å². The zero-order chi connectivity index (χ0) is 19.3. The van der Waals surface area contributed by atoms with Crippen LogP contribution in [0.25, 0.3) is 0 Å². The molecule has 0 heterocycles. The third-order valence-electron chi connectivity index (χ3n) is 3.44. The normalized spacial score (nSPS) is 10.7. The van der Waals surface area contributed by atoms with Gasteiger partial charge in [-0.3, -0.25) is 9.59 Å². The van der Waals surface area contributed by atoms with Crippen LogP contribution in [0.1, 0.15) is 39.0 Å². The fourth-order valence-electron chi connectivity index (χ4n) is 1.94. The van der Waals surface area contributed by atoms with Crippen molar-refractivity contribution in [3.63, 3.8) is 0 Å². The van der Waals surface area contributed by atoms with Gasteiger partial charge < -0.3 is 29.6 Å². The minimum Gasteiger partial charge on any atom is -0.379 e. The van der Waals surface area contributed by atoms with Gasteiger partial charge in [-0.25, -0.2) is 0 Å². The molecule has 0 saturated carbocycles. The van der Waals surface area contributed by atoms with Crippen LogP contribution in [-0.2, 0) is 28.5 Å². The van der Waals surface area contributed by atoms with E-state index in [0.29, 0.717) is 72.2 Å². The van der Waals surface area contributed by atoms with Gasteiger partial charge in [-0.15, -0.1) is 0 Å². The molecule has 0 unspecified atom stereocenters. The van der Waals surface area contributed by atoms with Crippen molar-refractivity contribution in [1.82, 2.24) is 10.6 Å². The summed E-state index contributed by atoms with van der Waals surface area (Å²) >= 11 is 0. The molecule has 26 heavy (non-hydrogen) atoms. The molecule has 0 rings (SSSR count). The third kappa shape index (κ3) is 19.1. The highest BCUT2D eigenvalue weighted by molar-refractivity contribution is 5.75. The summed E-state index contributed by atoms with van der Waals surface area (Å²) in [6.45, 7) is 6.46. The predicted molar refractivity (Wildman–Crippen MR) is 99.1 cm³/mol. The molecule has 8 nitrogen and oxygen atoms in total. The van der Waals surface area contributed by atoms with E-state index >= 15 is 0 Å². The second-order valence-electron chi connectivity index (χ2n) is 5.68. The summed E-state index contributed by atoms with van der Waals surface area (Å²) < 4.78 is 21.3. The molecule has 0 aliphatic carbocycles. The van der Waals surface area contributed by atoms with E-state index in [1.165, 1.54) is 0 Å². The minimum absolute atomic E-state index is 0.0316. The van der Waals surface area contributed by atoms with Gasteiger partial charge in [0.1, 0.15) is 0 Å². The van der Waals surface area contributed by atoms with Crippen molar-refractivity contribution in [2.45, 2.75) is 39.0 Å². The Morgan fingerprint density at radius 2 is 1.23 bits per heavy atom. The van der Waals surface area contributed by atoms with E-state index in [0.717, 1.165) is 19.3 Å². The maximum Gasteiger partial charge on any atom is 0.222 e. The second-order valence-corrected chi connectivity index (χ2v) is 5.68. The standard InChI is InChI=1S/C18H36N2O6/c1-3-4-5-6-18(22)20-8-10-24-12-14-26-16-15-25-13-11-23-9-7-17(21)19-2/h3-16H2,1-2H3,(H,19,21)(H,20,22). The molecule has 2 amide bonds. The number of nitrogens with one attached hydrogen (secondary N) is 2. The van der Waals surface area contributed by atoms with Crippen LogP contribution in [-0.4, -0.2) is 78.3 Å². The van der Waals surface area contributed by atoms with Crippen LogP contribution in [0.15, 0.2) is 0 Å². The molecule has 0 bridgehead atoms. The minimum atomic E-state index is -0.0316. The molecule has 2 N–H and O–H groups in total. The Bertz CT molecular complexity index is 342. The Balaban J connectivity index is 3.11. The van der Waals surface area contributed by atoms with Gasteiger partial charge in [0.2, 0.25) is 11.8 Å². The highest BCUT2D eigenvalue weighted by atomic mass is 16.6. The first kappa shape index (κ1) is 24.8. The number of amides is 2. The Morgan fingerprint density at radius 3 is 1.77 bits per heavy atom. The number of rotatable bonds is 19. The lowest BCUT2D eigenvalue weighted by molar-refractivity contribution is -0.122. The lowest BCUT2D eigenvalue weighted by Crippen LogP contribution is -2.27. The summed E-state index contributed by atoms with van der Waals surface area (Å²) in [7, 11) is 1.60. The van der Waals surface area contributed by atoms with Crippen LogP contribution in [0, 0.1) is 0 Å². The Labute approximate surface area is 157 Å². The van der Waals surface area contributed by atoms with Crippen molar-refractivity contribution >= 4 is 11.8 Å². The zero-order valence-corrected chi connectivity index (χ0v) is 16.3. The summed E-state index contributed by atoms with van der Waals surface area (Å²) in [4.78, 5) is 22.4. The van der Waals surface area contributed by atoms with Crippen LogP contribution in [0.2, 0.25) is 0 Å². The van der Waals surface area contributed by atoms with Gasteiger partial charge in [0.25, 0.3) is 0 Å². The van der Waals surface area contributed by atoms with Gasteiger partial charge in [-0.2, -0.15) is 0 Å². The average molecular weight is 376 g/mol. The quantitative estimate of drug-likeness (QED) is 0.325. The monoisotopic (exact) mass is 376 g/mol. The summed E-state index contributed by atoms with van der Waals surface area (Å²) in [5, 5.41) is 5.36. The molecular weight excluding hydrogens is 340 g/mol. The average Bonchev–Trinajstić information content (AvgIpc) is 2.64. The fraction of sp³-hybridized carbons (Fsp3) is 0.889. The van der Waals surface area contributed by atoms with Gasteiger partial charge in [-0.05, 0) is 6.42 Å². The first-order valence-corrected chi connectivity index (χ1v) is 9.49. The summed E-state index contributed by atoms with van der Waals surface area (Å²) in [6, 6.07) is 0. The van der Waals surface area contributed by atoms with E-state index in [1.54, 1.807) is 7.05 Å². The summed E-state index contributed by atoms with van der Waals surface area (Å²) in [5.41, 5.74) is 0. The van der Waals surface area contributed by atoms with E-state index in [9.17, 15) is 9.59 Å². The second kappa shape index (κ2) is 20.1. The van der Waals surface area contributed by atoms with E-state index in [2.05, 4.69) is 17.6 Å². The molecule has 0 aliphatic heterocycles. The topological polar surface area (TPSA) is 95.1 Å². The number of carbonyl (C=O) groups is 2. The molecule has 154 valence electrons. The highest BCUT2D eigenvalue weighted by Crippen LogP contribution is 1.97. The lowest BCUT2D eigenvalue weighted by Gasteiger charge is -2.08. The molecule has 0 aliphatic rings. The van der Waals surface area contributed by atoms with Crippen LogP contribution in [0.4, 0.5) is 0 Å². The van der Waals surface area contributed by atoms with Gasteiger partial charge in [0.15, 0.2) is 0 Å². The van der Waals surface area contributed by atoms with E-state index in [4.69, 9.17) is 18.9 Å². The van der Waals surface area contributed by atoms with Crippen molar-refractivity contribution < 1.29 is 28.5 Å². The molecule has 0 aromatic rings. The van der Waals surface area contributed by atoms with Gasteiger partial charge >= 0.3 is 0 Å². The molecule has 0 aromatic heterocycles. The van der Waals surface area contributed by atoms with Crippen LogP contribution in [0.3, 0.4) is 0 Å². The molecular formula is C18H36N2O6. The van der Waals surface area contributed by atoms with Gasteiger partial charge in [0.05, 0.1) is 52.9 Å². The molecule has 0 saturated heterocycles. The Hall–Kier alpha value is -1.22. The zero-order valence-electron chi connectivity index (χ0n) is 16.3. The maximum atomic E-state index is 11.4. The summed E-state index contributed by atoms with van der Waals surface area (Å²) in [5.74, 6) is 0.0592. The van der Waals surface area contributed by atoms with Gasteiger partial charge in [-0.1, -0.05) is 19.8 Å². The largest absolute Gasteiger partial charge is 0.379 e. The first-order valence-electron chi connectivity index (χ1n) is 9.49. The van der Waals surface area contributed by atoms with E-state index < -0.39 is 0 Å². The molecule has 0 spiro atoms. The molecule has 0 fully saturated rings. The Kier molecular flexibility index (Phi) is 19.2. The molecule has 8 heteroatoms. The van der Waals surface area contributed by atoms with Crippen molar-refractivity contribution in [3.8, 4) is 0 Å². The van der Waals surface area contributed by atoms with Crippen molar-refractivity contribution in [1.29, 1.82) is 0 Å². The highest BCUT2D eigenvalue weighted by Gasteiger charge is 2.00. The number of unbranched alkanes of at least 4 members (excludes halogenated alkanes) is 2. The van der Waals surface area contributed by atoms with E-state index in [-0.39, 0.29) is 11.8 Å². The number of hydrogen-bond acceptors (Lipinski definition) is 6. The van der Waals surface area contributed by atoms with Crippen molar-refractivity contribution in [2.24, 2.45) is 0 Å². The van der Waals surface area contributed by atoms with Crippen molar-refractivity contribution in [3.05, 3.63) is 0 Å². The summed E-state index contributed by atoms with van der Waals surface area (Å²) in [6.07, 6.45) is 4.11. The SMILES string of the molecule is CCCCCC(=O)NCCOCCOCCOCCOCCC(=O)NC. The number of ether oxygens (including phenoxy) is 4. The maximum absolute atomic E-state index is 11.4. The number of carbonyl (C=O) groups excluding carboxylic acids is 2. The molecule has 0 radical (unpaired) electrons. The van der Waals surface area contributed by atoms with Crippen LogP contribution < -0.4 is 10.6 Å². The smallest absolute Gasteiger partial charge is 0.222 e. The van der Waals surface area contributed by atoms with E-state index in [1.807, 2.05) is 0 Å². The lowest BCUT2D eigenvalue weighted by atomic mass is 10.2. The van der Waals surface area contributed by atoms with Gasteiger partial charge in [0, 0.05) is 26.4 Å². The van der Waals surface area contributed by atoms with Crippen molar-refractivity contribution in [2.75, 3.05) is 66.4 Å². The third-order valence-corrected chi connectivity index (χ3v) is 3.44. The Morgan fingerprint density at radius 1 is 0.692 bits per heavy atom. The molecule has 0 aromatic carbocycles. The predicted octanol–water partition coefficient (Wildman–Crippen LogP) is 0.885. The first-order chi connectivity index (χ1) is 12.7. The fourth-order valence-corrected chi connectivity index (χ4v) is 1.94. The molecule has 0 atom stereocenters.